The summed E-state index contributed by atoms with van der Waals surface area (Å²) in [7, 11) is 0. The second-order valence-corrected chi connectivity index (χ2v) is 6.36. The maximum absolute atomic E-state index is 12.8. The monoisotopic (exact) mass is 320 g/mol. The molecule has 1 aromatic carbocycles. The molecule has 2 N–H and O–H groups in total. The van der Waals surface area contributed by atoms with Crippen LogP contribution in [-0.4, -0.2) is 20.7 Å². The van der Waals surface area contributed by atoms with Crippen LogP contribution < -0.4 is 5.32 Å². The first-order valence-electron chi connectivity index (χ1n) is 8.23. The molecule has 1 fully saturated rings. The Morgan fingerprint density at radius 3 is 2.71 bits per heavy atom. The second-order valence-electron chi connectivity index (χ2n) is 6.36. The minimum Gasteiger partial charge on any atom is -0.345 e. The molecular weight excluding hydrogens is 300 g/mol. The maximum Gasteiger partial charge on any atom is 0.258 e. The average molecular weight is 320 g/mol. The Morgan fingerprint density at radius 2 is 2.00 bits per heavy atom. The fraction of sp³-hybridized carbons (Fsp3) is 0.263. The van der Waals surface area contributed by atoms with E-state index in [2.05, 4.69) is 27.0 Å². The number of amides is 1. The molecule has 1 aliphatic carbocycles. The lowest BCUT2D eigenvalue weighted by molar-refractivity contribution is 0.102. The molecule has 122 valence electrons. The fourth-order valence-electron chi connectivity index (χ4n) is 3.30. The molecule has 2 aromatic heterocycles. The van der Waals surface area contributed by atoms with Gasteiger partial charge < -0.3 is 9.88 Å². The van der Waals surface area contributed by atoms with E-state index in [-0.39, 0.29) is 5.91 Å². The first-order valence-corrected chi connectivity index (χ1v) is 8.23. The molecule has 1 saturated carbocycles. The Hall–Kier alpha value is -2.82. The second kappa shape index (κ2) is 5.67. The lowest BCUT2D eigenvalue weighted by Gasteiger charge is -2.08. The molecule has 5 heteroatoms. The van der Waals surface area contributed by atoms with Crippen molar-refractivity contribution in [1.82, 2.24) is 14.8 Å². The quantitative estimate of drug-likeness (QED) is 0.761. The van der Waals surface area contributed by atoms with E-state index < -0.39 is 0 Å². The van der Waals surface area contributed by atoms with E-state index in [1.807, 2.05) is 43.3 Å². The molecule has 5 nitrogen and oxygen atoms in total. The van der Waals surface area contributed by atoms with E-state index in [4.69, 9.17) is 0 Å². The SMILES string of the molecule is Cc1cc(C(=O)Nc2[nH]ncc2-c2ccccc2)c(C)n1C1CC1. The van der Waals surface area contributed by atoms with Crippen LogP contribution in [0.25, 0.3) is 11.1 Å². The van der Waals surface area contributed by atoms with Crippen molar-refractivity contribution in [2.45, 2.75) is 32.7 Å². The molecule has 1 aliphatic rings. The van der Waals surface area contributed by atoms with Gasteiger partial charge in [-0.15, -0.1) is 0 Å². The molecule has 0 unspecified atom stereocenters. The standard InChI is InChI=1S/C19H20N4O/c1-12-10-16(13(2)23(12)15-8-9-15)19(24)21-18-17(11-20-22-18)14-6-4-3-5-7-14/h3-7,10-11,15H,8-9H2,1-2H3,(H2,20,21,22,24). The minimum absolute atomic E-state index is 0.101. The summed E-state index contributed by atoms with van der Waals surface area (Å²) in [6, 6.07) is 12.4. The Labute approximate surface area is 140 Å². The van der Waals surface area contributed by atoms with Crippen LogP contribution in [0.2, 0.25) is 0 Å². The molecule has 4 rings (SSSR count). The highest BCUT2D eigenvalue weighted by Gasteiger charge is 2.28. The first-order chi connectivity index (χ1) is 11.6. The number of rotatable bonds is 4. The van der Waals surface area contributed by atoms with Crippen LogP contribution in [0.4, 0.5) is 5.82 Å². The van der Waals surface area contributed by atoms with Crippen LogP contribution in [0.5, 0.6) is 0 Å². The van der Waals surface area contributed by atoms with E-state index >= 15 is 0 Å². The van der Waals surface area contributed by atoms with Crippen molar-refractivity contribution in [3.63, 3.8) is 0 Å². The summed E-state index contributed by atoms with van der Waals surface area (Å²) in [6.45, 7) is 4.08. The average Bonchev–Trinajstić information content (AvgIpc) is 3.22. The number of H-pyrrole nitrogens is 1. The Morgan fingerprint density at radius 1 is 1.25 bits per heavy atom. The molecule has 0 radical (unpaired) electrons. The van der Waals surface area contributed by atoms with Crippen LogP contribution in [0, 0.1) is 13.8 Å². The van der Waals surface area contributed by atoms with Gasteiger partial charge in [0.25, 0.3) is 5.91 Å². The lowest BCUT2D eigenvalue weighted by atomic mass is 10.1. The predicted molar refractivity (Wildman–Crippen MR) is 94.2 cm³/mol. The van der Waals surface area contributed by atoms with E-state index in [1.165, 1.54) is 12.8 Å². The number of benzene rings is 1. The van der Waals surface area contributed by atoms with Gasteiger partial charge in [-0.1, -0.05) is 30.3 Å². The fourth-order valence-corrected chi connectivity index (χ4v) is 3.30. The zero-order chi connectivity index (χ0) is 16.7. The van der Waals surface area contributed by atoms with Crippen LogP contribution in [0.15, 0.2) is 42.6 Å². The minimum atomic E-state index is -0.101. The van der Waals surface area contributed by atoms with Crippen molar-refractivity contribution < 1.29 is 4.79 Å². The summed E-state index contributed by atoms with van der Waals surface area (Å²) in [5.74, 6) is 0.527. The van der Waals surface area contributed by atoms with E-state index in [1.54, 1.807) is 6.20 Å². The number of hydrogen-bond acceptors (Lipinski definition) is 2. The molecule has 0 atom stereocenters. The van der Waals surface area contributed by atoms with Crippen molar-refractivity contribution in [2.24, 2.45) is 0 Å². The number of carbonyl (C=O) groups excluding carboxylic acids is 1. The van der Waals surface area contributed by atoms with E-state index in [9.17, 15) is 4.79 Å². The number of aromatic nitrogens is 3. The lowest BCUT2D eigenvalue weighted by Crippen LogP contribution is -2.14. The number of nitrogens with zero attached hydrogens (tertiary/aromatic N) is 2. The topological polar surface area (TPSA) is 62.7 Å². The van der Waals surface area contributed by atoms with Gasteiger partial charge >= 0.3 is 0 Å². The third-order valence-corrected chi connectivity index (χ3v) is 4.60. The molecule has 24 heavy (non-hydrogen) atoms. The molecule has 0 spiro atoms. The van der Waals surface area contributed by atoms with Crippen LogP contribution in [0.3, 0.4) is 0 Å². The van der Waals surface area contributed by atoms with E-state index in [0.717, 1.165) is 28.1 Å². The summed E-state index contributed by atoms with van der Waals surface area (Å²) < 4.78 is 2.28. The van der Waals surface area contributed by atoms with Crippen LogP contribution in [0.1, 0.15) is 40.6 Å². The Kier molecular flexibility index (Phi) is 3.49. The zero-order valence-corrected chi connectivity index (χ0v) is 13.8. The van der Waals surface area contributed by atoms with Gasteiger partial charge in [-0.3, -0.25) is 9.89 Å². The van der Waals surface area contributed by atoms with Crippen molar-refractivity contribution in [3.05, 3.63) is 59.5 Å². The summed E-state index contributed by atoms with van der Waals surface area (Å²) in [5, 5.41) is 9.95. The van der Waals surface area contributed by atoms with Crippen LogP contribution >= 0.6 is 0 Å². The zero-order valence-electron chi connectivity index (χ0n) is 13.8. The van der Waals surface area contributed by atoms with Gasteiger partial charge in [0.1, 0.15) is 5.82 Å². The van der Waals surface area contributed by atoms with Gasteiger partial charge in [-0.25, -0.2) is 0 Å². The van der Waals surface area contributed by atoms with E-state index in [0.29, 0.717) is 11.9 Å². The summed E-state index contributed by atoms with van der Waals surface area (Å²) in [5.41, 5.74) is 4.82. The third-order valence-electron chi connectivity index (χ3n) is 4.60. The molecule has 1 amide bonds. The van der Waals surface area contributed by atoms with Gasteiger partial charge in [0, 0.05) is 23.0 Å². The number of aromatic amines is 1. The third kappa shape index (κ3) is 2.52. The van der Waals surface area contributed by atoms with Crippen LogP contribution in [-0.2, 0) is 0 Å². The van der Waals surface area contributed by atoms with Gasteiger partial charge in [0.2, 0.25) is 0 Å². The molecule has 0 aliphatic heterocycles. The highest BCUT2D eigenvalue weighted by molar-refractivity contribution is 6.06. The van der Waals surface area contributed by atoms with Gasteiger partial charge in [0.05, 0.1) is 11.8 Å². The van der Waals surface area contributed by atoms with Crippen molar-refractivity contribution in [1.29, 1.82) is 0 Å². The molecule has 0 bridgehead atoms. The number of nitrogens with one attached hydrogen (secondary N) is 2. The smallest absolute Gasteiger partial charge is 0.258 e. The highest BCUT2D eigenvalue weighted by Crippen LogP contribution is 2.38. The molecular formula is C19H20N4O. The van der Waals surface area contributed by atoms with Crippen molar-refractivity contribution in [3.8, 4) is 11.1 Å². The molecule has 2 heterocycles. The van der Waals surface area contributed by atoms with Crippen molar-refractivity contribution >= 4 is 11.7 Å². The summed E-state index contributed by atoms with van der Waals surface area (Å²) >= 11 is 0. The van der Waals surface area contributed by atoms with Gasteiger partial charge in [0.15, 0.2) is 0 Å². The highest BCUT2D eigenvalue weighted by atomic mass is 16.1. The van der Waals surface area contributed by atoms with Gasteiger partial charge in [-0.05, 0) is 38.3 Å². The Balaban J connectivity index is 1.62. The number of hydrogen-bond donors (Lipinski definition) is 2. The number of carbonyl (C=O) groups is 1. The molecule has 3 aromatic rings. The van der Waals surface area contributed by atoms with Crippen molar-refractivity contribution in [2.75, 3.05) is 5.32 Å². The summed E-state index contributed by atoms with van der Waals surface area (Å²) in [6.07, 6.45) is 4.14. The maximum atomic E-state index is 12.8. The Bertz CT molecular complexity index is 887. The summed E-state index contributed by atoms with van der Waals surface area (Å²) in [4.78, 5) is 12.8. The predicted octanol–water partition coefficient (Wildman–Crippen LogP) is 4.08. The number of anilines is 1. The normalized spacial score (nSPS) is 13.9. The number of aryl methyl sites for hydroxylation is 1. The van der Waals surface area contributed by atoms with Gasteiger partial charge in [-0.2, -0.15) is 5.10 Å². The first kappa shape index (κ1) is 14.8. The molecule has 0 saturated heterocycles. The largest absolute Gasteiger partial charge is 0.345 e.